The van der Waals surface area contributed by atoms with E-state index in [1.54, 1.807) is 0 Å². The van der Waals surface area contributed by atoms with Crippen molar-refractivity contribution < 1.29 is 9.90 Å². The highest BCUT2D eigenvalue weighted by Gasteiger charge is 2.57. The Morgan fingerprint density at radius 3 is 2.29 bits per heavy atom. The van der Waals surface area contributed by atoms with Gasteiger partial charge in [0.1, 0.15) is 0 Å². The van der Waals surface area contributed by atoms with Gasteiger partial charge >= 0.3 is 5.97 Å². The summed E-state index contributed by atoms with van der Waals surface area (Å²) in [6.07, 6.45) is 4.98. The molecule has 0 saturated heterocycles. The third-order valence-corrected chi connectivity index (χ3v) is 4.80. The van der Waals surface area contributed by atoms with Crippen molar-refractivity contribution in [3.05, 3.63) is 0 Å². The van der Waals surface area contributed by atoms with Crippen LogP contribution in [-0.2, 0) is 4.79 Å². The van der Waals surface area contributed by atoms with Crippen LogP contribution >= 0.6 is 0 Å². The lowest BCUT2D eigenvalue weighted by Gasteiger charge is -2.57. The molecule has 4 aliphatic carbocycles. The first kappa shape index (κ1) is 8.72. The Morgan fingerprint density at radius 1 is 1.21 bits per heavy atom. The molecule has 78 valence electrons. The number of nitrogens with two attached hydrogens (primary N) is 1. The molecule has 4 saturated carbocycles. The van der Waals surface area contributed by atoms with Gasteiger partial charge in [0.15, 0.2) is 0 Å². The number of hydrogen-bond donors (Lipinski definition) is 2. The average molecular weight is 195 g/mol. The molecular weight excluding hydrogens is 178 g/mol. The quantitative estimate of drug-likeness (QED) is 0.661. The highest BCUT2D eigenvalue weighted by atomic mass is 16.4. The second-order valence-electron chi connectivity index (χ2n) is 5.63. The molecule has 14 heavy (non-hydrogen) atoms. The molecule has 0 spiro atoms. The molecule has 3 heteroatoms. The van der Waals surface area contributed by atoms with Crippen molar-refractivity contribution in [2.24, 2.45) is 28.9 Å². The predicted octanol–water partition coefficient (Wildman–Crippen LogP) is 1.22. The molecule has 0 aromatic heterocycles. The Morgan fingerprint density at radius 2 is 1.79 bits per heavy atom. The normalized spacial score (nSPS) is 54.9. The first-order valence-corrected chi connectivity index (χ1v) is 5.60. The molecule has 3 nitrogen and oxygen atoms in total. The van der Waals surface area contributed by atoms with E-state index in [1.807, 2.05) is 0 Å². The van der Waals surface area contributed by atoms with Crippen LogP contribution in [0.1, 0.15) is 32.1 Å². The van der Waals surface area contributed by atoms with Gasteiger partial charge in [-0.25, -0.2) is 0 Å². The minimum absolute atomic E-state index is 0.291. The van der Waals surface area contributed by atoms with Crippen LogP contribution in [0.15, 0.2) is 0 Å². The highest BCUT2D eigenvalue weighted by molar-refractivity contribution is 5.75. The molecule has 0 aliphatic heterocycles. The minimum atomic E-state index is -0.566. The van der Waals surface area contributed by atoms with Crippen molar-refractivity contribution in [3.8, 4) is 0 Å². The van der Waals surface area contributed by atoms with Crippen molar-refractivity contribution in [2.75, 3.05) is 0 Å². The second kappa shape index (κ2) is 2.51. The molecule has 0 radical (unpaired) electrons. The summed E-state index contributed by atoms with van der Waals surface area (Å²) in [6.45, 7) is 0. The smallest absolute Gasteiger partial charge is 0.309 e. The van der Waals surface area contributed by atoms with E-state index >= 15 is 0 Å². The SMILES string of the molecule is NC1[C@@H]2CC3C[C@H]1C[C@](C(=O)O)(C3)C2. The van der Waals surface area contributed by atoms with Gasteiger partial charge in [0, 0.05) is 6.04 Å². The number of carboxylic acid groups (broad SMARTS) is 1. The van der Waals surface area contributed by atoms with Crippen LogP contribution in [0.2, 0.25) is 0 Å². The Hall–Kier alpha value is -0.570. The standard InChI is InChI=1S/C11H17NO2/c12-9-7-1-6-2-8(9)5-11(3-6,4-7)10(13)14/h6-9H,1-5,12H2,(H,13,14)/t6?,7-,8+,9?,11+. The Bertz CT molecular complexity index is 273. The number of rotatable bonds is 1. The predicted molar refractivity (Wildman–Crippen MR) is 51.6 cm³/mol. The Kier molecular flexibility index (Phi) is 1.56. The zero-order valence-corrected chi connectivity index (χ0v) is 8.28. The van der Waals surface area contributed by atoms with Crippen molar-refractivity contribution in [1.29, 1.82) is 0 Å². The number of carbonyl (C=O) groups is 1. The monoisotopic (exact) mass is 195 g/mol. The van der Waals surface area contributed by atoms with Gasteiger partial charge in [-0.15, -0.1) is 0 Å². The van der Waals surface area contributed by atoms with Crippen LogP contribution in [0.3, 0.4) is 0 Å². The van der Waals surface area contributed by atoms with Gasteiger partial charge in [0.25, 0.3) is 0 Å². The van der Waals surface area contributed by atoms with Crippen LogP contribution in [0.5, 0.6) is 0 Å². The first-order chi connectivity index (χ1) is 6.61. The minimum Gasteiger partial charge on any atom is -0.481 e. The lowest BCUT2D eigenvalue weighted by atomic mass is 9.48. The zero-order chi connectivity index (χ0) is 9.92. The van der Waals surface area contributed by atoms with Gasteiger partial charge in [0.05, 0.1) is 5.41 Å². The number of aliphatic carboxylic acids is 1. The summed E-state index contributed by atoms with van der Waals surface area (Å²) < 4.78 is 0. The van der Waals surface area contributed by atoms with Gasteiger partial charge < -0.3 is 10.8 Å². The van der Waals surface area contributed by atoms with E-state index < -0.39 is 5.97 Å². The van der Waals surface area contributed by atoms with Gasteiger partial charge in [-0.3, -0.25) is 4.79 Å². The summed E-state index contributed by atoms with van der Waals surface area (Å²) >= 11 is 0. The van der Waals surface area contributed by atoms with Gasteiger partial charge in [-0.2, -0.15) is 0 Å². The number of carboxylic acids is 1. The second-order valence-corrected chi connectivity index (χ2v) is 5.63. The topological polar surface area (TPSA) is 63.3 Å². The summed E-state index contributed by atoms with van der Waals surface area (Å²) in [5.74, 6) is 1.09. The number of hydrogen-bond acceptors (Lipinski definition) is 2. The van der Waals surface area contributed by atoms with Crippen molar-refractivity contribution >= 4 is 5.97 Å². The summed E-state index contributed by atoms with van der Waals surface area (Å²) in [6, 6.07) is 0.291. The van der Waals surface area contributed by atoms with E-state index in [9.17, 15) is 9.90 Å². The van der Waals surface area contributed by atoms with Crippen molar-refractivity contribution in [3.63, 3.8) is 0 Å². The summed E-state index contributed by atoms with van der Waals surface area (Å²) in [5.41, 5.74) is 5.75. The molecule has 0 aromatic carbocycles. The Balaban J connectivity index is 1.96. The van der Waals surface area contributed by atoms with Crippen molar-refractivity contribution in [1.82, 2.24) is 0 Å². The van der Waals surface area contributed by atoms with E-state index in [-0.39, 0.29) is 5.41 Å². The molecule has 3 N–H and O–H groups in total. The Labute approximate surface area is 83.7 Å². The molecule has 2 unspecified atom stereocenters. The first-order valence-electron chi connectivity index (χ1n) is 5.60. The van der Waals surface area contributed by atoms with E-state index in [1.165, 1.54) is 12.8 Å². The third kappa shape index (κ3) is 0.937. The average Bonchev–Trinajstić information content (AvgIpc) is 2.12. The van der Waals surface area contributed by atoms with E-state index in [4.69, 9.17) is 5.73 Å². The molecule has 5 atom stereocenters. The highest BCUT2D eigenvalue weighted by Crippen LogP contribution is 2.59. The summed E-state index contributed by atoms with van der Waals surface area (Å²) in [4.78, 5) is 11.3. The van der Waals surface area contributed by atoms with E-state index in [0.717, 1.165) is 19.3 Å². The lowest BCUT2D eigenvalue weighted by molar-refractivity contribution is -0.166. The molecule has 4 rings (SSSR count). The lowest BCUT2D eigenvalue weighted by Crippen LogP contribution is -2.58. The largest absolute Gasteiger partial charge is 0.481 e. The molecule has 4 aliphatic rings. The zero-order valence-electron chi connectivity index (χ0n) is 8.28. The van der Waals surface area contributed by atoms with Crippen LogP contribution in [0.4, 0.5) is 0 Å². The maximum atomic E-state index is 11.3. The third-order valence-electron chi connectivity index (χ3n) is 4.80. The molecule has 0 amide bonds. The molecular formula is C11H17NO2. The fourth-order valence-corrected chi connectivity index (χ4v) is 4.33. The fraction of sp³-hybridized carbons (Fsp3) is 0.909. The molecule has 0 aromatic rings. The summed E-state index contributed by atoms with van der Waals surface area (Å²) in [5, 5.41) is 9.32. The van der Waals surface area contributed by atoms with Gasteiger partial charge in [-0.05, 0) is 49.9 Å². The fourth-order valence-electron chi connectivity index (χ4n) is 4.33. The van der Waals surface area contributed by atoms with E-state index in [0.29, 0.717) is 23.8 Å². The molecule has 0 heterocycles. The van der Waals surface area contributed by atoms with Gasteiger partial charge in [-0.1, -0.05) is 0 Å². The van der Waals surface area contributed by atoms with Crippen LogP contribution < -0.4 is 5.73 Å². The van der Waals surface area contributed by atoms with Gasteiger partial charge in [0.2, 0.25) is 0 Å². The van der Waals surface area contributed by atoms with Crippen LogP contribution in [0, 0.1) is 23.2 Å². The van der Waals surface area contributed by atoms with E-state index in [2.05, 4.69) is 0 Å². The molecule has 4 fully saturated rings. The maximum absolute atomic E-state index is 11.3. The van der Waals surface area contributed by atoms with Crippen LogP contribution in [0.25, 0.3) is 0 Å². The summed E-state index contributed by atoms with van der Waals surface area (Å²) in [7, 11) is 0. The van der Waals surface area contributed by atoms with Crippen LogP contribution in [-0.4, -0.2) is 17.1 Å². The molecule has 4 bridgehead atoms. The van der Waals surface area contributed by atoms with Crippen molar-refractivity contribution in [2.45, 2.75) is 38.1 Å². The maximum Gasteiger partial charge on any atom is 0.309 e.